The highest BCUT2D eigenvalue weighted by molar-refractivity contribution is 5.77. The summed E-state index contributed by atoms with van der Waals surface area (Å²) in [6.45, 7) is 9.76. The minimum atomic E-state index is -0.512. The molecule has 0 saturated heterocycles. The van der Waals surface area contributed by atoms with E-state index in [1.54, 1.807) is 20.8 Å². The lowest BCUT2D eigenvalue weighted by atomic mass is 10.1. The van der Waals surface area contributed by atoms with Gasteiger partial charge in [-0.25, -0.2) is 4.79 Å². The lowest BCUT2D eigenvalue weighted by Crippen LogP contribution is -2.37. The number of amides is 2. The summed E-state index contributed by atoms with van der Waals surface area (Å²) in [4.78, 5) is 22.8. The molecule has 0 radical (unpaired) electrons. The van der Waals surface area contributed by atoms with E-state index in [1.807, 2.05) is 13.8 Å². The molecule has 0 aliphatic carbocycles. The number of hydrogen-bond acceptors (Lipinski definition) is 3. The average molecular weight is 258 g/mol. The van der Waals surface area contributed by atoms with Gasteiger partial charge in [0.15, 0.2) is 0 Å². The van der Waals surface area contributed by atoms with E-state index in [2.05, 4.69) is 10.6 Å². The first-order valence-electron chi connectivity index (χ1n) is 6.54. The van der Waals surface area contributed by atoms with Gasteiger partial charge < -0.3 is 15.4 Å². The molecule has 0 aliphatic rings. The van der Waals surface area contributed by atoms with Gasteiger partial charge in [0, 0.05) is 19.0 Å². The number of nitrogens with one attached hydrogen (secondary N) is 2. The Balaban J connectivity index is 3.78. The summed E-state index contributed by atoms with van der Waals surface area (Å²) < 4.78 is 5.06. The first-order valence-corrected chi connectivity index (χ1v) is 6.54. The van der Waals surface area contributed by atoms with Crippen molar-refractivity contribution in [1.29, 1.82) is 0 Å². The molecule has 106 valence electrons. The number of carbonyl (C=O) groups is 2. The number of rotatable bonds is 6. The van der Waals surface area contributed by atoms with Crippen molar-refractivity contribution < 1.29 is 14.3 Å². The first kappa shape index (κ1) is 16.7. The Labute approximate surface area is 110 Å². The number of ether oxygens (including phenoxy) is 1. The van der Waals surface area contributed by atoms with Crippen LogP contribution in [0.25, 0.3) is 0 Å². The highest BCUT2D eigenvalue weighted by Crippen LogP contribution is 2.06. The highest BCUT2D eigenvalue weighted by atomic mass is 16.6. The van der Waals surface area contributed by atoms with Crippen molar-refractivity contribution in [2.45, 2.75) is 65.5 Å². The molecule has 0 rings (SSSR count). The molecule has 2 amide bonds. The molecule has 5 nitrogen and oxygen atoms in total. The molecule has 0 saturated carbocycles. The molecule has 0 heterocycles. The lowest BCUT2D eigenvalue weighted by molar-refractivity contribution is -0.121. The van der Waals surface area contributed by atoms with E-state index in [0.29, 0.717) is 6.54 Å². The van der Waals surface area contributed by atoms with Crippen LogP contribution >= 0.6 is 0 Å². The first-order chi connectivity index (χ1) is 8.28. The zero-order valence-corrected chi connectivity index (χ0v) is 12.1. The molecule has 2 N–H and O–H groups in total. The number of alkyl carbamates (subject to hydrolysis) is 1. The average Bonchev–Trinajstić information content (AvgIpc) is 2.23. The molecule has 0 bridgehead atoms. The molecule has 0 aromatic carbocycles. The molecular weight excluding hydrogens is 232 g/mol. The van der Waals surface area contributed by atoms with Gasteiger partial charge in [-0.1, -0.05) is 13.8 Å². The van der Waals surface area contributed by atoms with Crippen molar-refractivity contribution in [3.63, 3.8) is 0 Å². The minimum Gasteiger partial charge on any atom is -0.444 e. The zero-order valence-electron chi connectivity index (χ0n) is 12.1. The van der Waals surface area contributed by atoms with E-state index in [4.69, 9.17) is 4.74 Å². The SMILES string of the molecule is CCC(CC)NC(=O)CCNC(=O)OC(C)(C)C. The fraction of sp³-hybridized carbons (Fsp3) is 0.846. The van der Waals surface area contributed by atoms with Gasteiger partial charge in [-0.2, -0.15) is 0 Å². The van der Waals surface area contributed by atoms with Crippen LogP contribution in [0.4, 0.5) is 4.79 Å². The van der Waals surface area contributed by atoms with E-state index in [1.165, 1.54) is 0 Å². The highest BCUT2D eigenvalue weighted by Gasteiger charge is 2.16. The van der Waals surface area contributed by atoms with Gasteiger partial charge in [0.2, 0.25) is 5.91 Å². The standard InChI is InChI=1S/C13H26N2O3/c1-6-10(7-2)15-11(16)8-9-14-12(17)18-13(3,4)5/h10H,6-9H2,1-5H3,(H,14,17)(H,15,16). The Morgan fingerprint density at radius 2 is 1.72 bits per heavy atom. The summed E-state index contributed by atoms with van der Waals surface area (Å²) in [6.07, 6.45) is 1.62. The number of carbonyl (C=O) groups excluding carboxylic acids is 2. The van der Waals surface area contributed by atoms with Crippen LogP contribution in [-0.2, 0) is 9.53 Å². The number of hydrogen-bond donors (Lipinski definition) is 2. The van der Waals surface area contributed by atoms with Crippen molar-refractivity contribution in [1.82, 2.24) is 10.6 Å². The minimum absolute atomic E-state index is 0.0419. The van der Waals surface area contributed by atoms with E-state index >= 15 is 0 Å². The van der Waals surface area contributed by atoms with Crippen molar-refractivity contribution in [2.75, 3.05) is 6.54 Å². The van der Waals surface area contributed by atoms with Gasteiger partial charge in [-0.3, -0.25) is 4.79 Å². The summed E-state index contributed by atoms with van der Waals surface area (Å²) in [6, 6.07) is 0.221. The van der Waals surface area contributed by atoms with Gasteiger partial charge in [0.05, 0.1) is 0 Å². The second-order valence-electron chi connectivity index (χ2n) is 5.26. The van der Waals surface area contributed by atoms with Crippen LogP contribution in [0.5, 0.6) is 0 Å². The summed E-state index contributed by atoms with van der Waals surface area (Å²) in [5, 5.41) is 5.46. The maximum atomic E-state index is 11.5. The predicted molar refractivity (Wildman–Crippen MR) is 71.4 cm³/mol. The molecule has 5 heteroatoms. The summed E-state index contributed by atoms with van der Waals surface area (Å²) in [5.74, 6) is -0.0419. The Morgan fingerprint density at radius 3 is 2.17 bits per heavy atom. The third-order valence-corrected chi connectivity index (χ3v) is 2.37. The van der Waals surface area contributed by atoms with E-state index in [0.717, 1.165) is 12.8 Å². The fourth-order valence-corrected chi connectivity index (χ4v) is 1.38. The Hall–Kier alpha value is -1.26. The second kappa shape index (κ2) is 7.95. The fourth-order valence-electron chi connectivity index (χ4n) is 1.38. The molecule has 0 aliphatic heterocycles. The smallest absolute Gasteiger partial charge is 0.407 e. The van der Waals surface area contributed by atoms with Gasteiger partial charge in [-0.05, 0) is 33.6 Å². The van der Waals surface area contributed by atoms with Crippen LogP contribution in [0, 0.1) is 0 Å². The van der Waals surface area contributed by atoms with E-state index in [9.17, 15) is 9.59 Å². The Bertz CT molecular complexity index is 268. The molecular formula is C13H26N2O3. The second-order valence-corrected chi connectivity index (χ2v) is 5.26. The van der Waals surface area contributed by atoms with Gasteiger partial charge in [0.25, 0.3) is 0 Å². The molecule has 0 aromatic heterocycles. The molecule has 0 unspecified atom stereocenters. The van der Waals surface area contributed by atoms with Crippen LogP contribution in [0.15, 0.2) is 0 Å². The van der Waals surface area contributed by atoms with Crippen LogP contribution in [0.3, 0.4) is 0 Å². The molecule has 0 atom stereocenters. The molecule has 18 heavy (non-hydrogen) atoms. The molecule has 0 fully saturated rings. The maximum Gasteiger partial charge on any atom is 0.407 e. The zero-order chi connectivity index (χ0) is 14.2. The van der Waals surface area contributed by atoms with E-state index in [-0.39, 0.29) is 18.4 Å². The van der Waals surface area contributed by atoms with Crippen LogP contribution in [0.1, 0.15) is 53.9 Å². The van der Waals surface area contributed by atoms with Crippen LogP contribution in [0.2, 0.25) is 0 Å². The molecule has 0 spiro atoms. The van der Waals surface area contributed by atoms with Crippen LogP contribution < -0.4 is 10.6 Å². The van der Waals surface area contributed by atoms with Crippen molar-refractivity contribution in [2.24, 2.45) is 0 Å². The third kappa shape index (κ3) is 8.84. The summed E-state index contributed by atoms with van der Waals surface area (Å²) in [5.41, 5.74) is -0.512. The monoisotopic (exact) mass is 258 g/mol. The Morgan fingerprint density at radius 1 is 1.17 bits per heavy atom. The van der Waals surface area contributed by atoms with Crippen molar-refractivity contribution in [3.8, 4) is 0 Å². The quantitative estimate of drug-likeness (QED) is 0.767. The topological polar surface area (TPSA) is 67.4 Å². The van der Waals surface area contributed by atoms with Gasteiger partial charge >= 0.3 is 6.09 Å². The summed E-state index contributed by atoms with van der Waals surface area (Å²) in [7, 11) is 0. The van der Waals surface area contributed by atoms with E-state index < -0.39 is 11.7 Å². The molecule has 0 aromatic rings. The maximum absolute atomic E-state index is 11.5. The predicted octanol–water partition coefficient (Wildman–Crippen LogP) is 2.21. The van der Waals surface area contributed by atoms with Crippen molar-refractivity contribution in [3.05, 3.63) is 0 Å². The normalized spacial score (nSPS) is 11.2. The Kier molecular flexibility index (Phi) is 7.39. The largest absolute Gasteiger partial charge is 0.444 e. The summed E-state index contributed by atoms with van der Waals surface area (Å²) >= 11 is 0. The van der Waals surface area contributed by atoms with Gasteiger partial charge in [0.1, 0.15) is 5.60 Å². The van der Waals surface area contributed by atoms with Crippen molar-refractivity contribution >= 4 is 12.0 Å². The lowest BCUT2D eigenvalue weighted by Gasteiger charge is -2.19. The van der Waals surface area contributed by atoms with Crippen LogP contribution in [-0.4, -0.2) is 30.2 Å². The van der Waals surface area contributed by atoms with Gasteiger partial charge in [-0.15, -0.1) is 0 Å². The third-order valence-electron chi connectivity index (χ3n) is 2.37.